The van der Waals surface area contributed by atoms with Crippen LogP contribution in [0, 0.1) is 0 Å². The molecule has 0 bridgehead atoms. The largest absolute Gasteiger partial charge is 0.479 e. The number of aromatic nitrogens is 2. The molecule has 5 heteroatoms. The number of carbonyl (C=O) groups is 1. The fourth-order valence-corrected chi connectivity index (χ4v) is 1.06. The number of aromatic amines is 1. The highest BCUT2D eigenvalue weighted by molar-refractivity contribution is 5.74. The van der Waals surface area contributed by atoms with Crippen molar-refractivity contribution in [1.82, 2.24) is 9.97 Å². The maximum atomic E-state index is 10.6. The van der Waals surface area contributed by atoms with E-state index in [4.69, 9.17) is 5.11 Å². The summed E-state index contributed by atoms with van der Waals surface area (Å²) in [6.07, 6.45) is 1.52. The first-order valence-corrected chi connectivity index (χ1v) is 3.86. The molecule has 0 fully saturated rings. The minimum Gasteiger partial charge on any atom is -0.479 e. The monoisotopic (exact) mass is 184 g/mol. The molecule has 1 rings (SSSR count). The molecule has 1 heterocycles. The first kappa shape index (κ1) is 9.73. The van der Waals surface area contributed by atoms with E-state index in [1.165, 1.54) is 12.5 Å². The van der Waals surface area contributed by atoms with Crippen molar-refractivity contribution in [3.05, 3.63) is 18.2 Å². The molecule has 72 valence electrons. The Kier molecular flexibility index (Phi) is 2.38. The summed E-state index contributed by atoms with van der Waals surface area (Å²) in [4.78, 5) is 17.1. The molecule has 0 aliphatic heterocycles. The van der Waals surface area contributed by atoms with Crippen molar-refractivity contribution in [2.45, 2.75) is 25.4 Å². The van der Waals surface area contributed by atoms with E-state index in [2.05, 4.69) is 9.97 Å². The number of imidazole rings is 1. The Morgan fingerprint density at radius 2 is 2.31 bits per heavy atom. The number of carboxylic acid groups (broad SMARTS) is 1. The van der Waals surface area contributed by atoms with Crippen LogP contribution in [0.5, 0.6) is 0 Å². The van der Waals surface area contributed by atoms with Crippen molar-refractivity contribution in [2.75, 3.05) is 0 Å². The minimum atomic E-state index is -1.44. The molecule has 0 aliphatic rings. The highest BCUT2D eigenvalue weighted by Crippen LogP contribution is 2.24. The summed E-state index contributed by atoms with van der Waals surface area (Å²) in [5, 5.41) is 18.0. The van der Waals surface area contributed by atoms with Crippen LogP contribution in [0.2, 0.25) is 0 Å². The van der Waals surface area contributed by atoms with E-state index in [9.17, 15) is 9.90 Å². The Balaban J connectivity index is 2.95. The fourth-order valence-electron chi connectivity index (χ4n) is 1.06. The van der Waals surface area contributed by atoms with Gasteiger partial charge in [-0.25, -0.2) is 9.78 Å². The van der Waals surface area contributed by atoms with Crippen molar-refractivity contribution in [3.63, 3.8) is 0 Å². The van der Waals surface area contributed by atoms with Gasteiger partial charge in [0.15, 0.2) is 6.10 Å². The first-order chi connectivity index (χ1) is 5.96. The zero-order valence-corrected chi connectivity index (χ0v) is 7.48. The lowest BCUT2D eigenvalue weighted by molar-refractivity contribution is -0.150. The van der Waals surface area contributed by atoms with Crippen molar-refractivity contribution < 1.29 is 15.0 Å². The third-order valence-corrected chi connectivity index (χ3v) is 2.11. The average Bonchev–Trinajstić information content (AvgIpc) is 2.54. The zero-order chi connectivity index (χ0) is 10.1. The number of H-pyrrole nitrogens is 1. The van der Waals surface area contributed by atoms with E-state index < -0.39 is 17.5 Å². The number of hydrogen-bond acceptors (Lipinski definition) is 3. The lowest BCUT2D eigenvalue weighted by Gasteiger charge is -2.25. The van der Waals surface area contributed by atoms with Gasteiger partial charge in [0, 0.05) is 17.3 Å². The van der Waals surface area contributed by atoms with Gasteiger partial charge in [-0.1, -0.05) is 13.8 Å². The second-order valence-electron chi connectivity index (χ2n) is 3.43. The van der Waals surface area contributed by atoms with Crippen molar-refractivity contribution in [2.24, 2.45) is 0 Å². The molecule has 13 heavy (non-hydrogen) atoms. The van der Waals surface area contributed by atoms with E-state index in [0.717, 1.165) is 0 Å². The number of rotatable bonds is 3. The van der Waals surface area contributed by atoms with Gasteiger partial charge in [0.05, 0.1) is 6.33 Å². The third-order valence-electron chi connectivity index (χ3n) is 2.11. The molecule has 0 amide bonds. The van der Waals surface area contributed by atoms with Crippen LogP contribution in [-0.4, -0.2) is 32.3 Å². The number of nitrogens with zero attached hydrogens (tertiary/aromatic N) is 1. The van der Waals surface area contributed by atoms with E-state index >= 15 is 0 Å². The molecule has 1 aromatic heterocycles. The molecular formula is C8H12N2O3. The van der Waals surface area contributed by atoms with Gasteiger partial charge in [-0.2, -0.15) is 0 Å². The molecule has 3 N–H and O–H groups in total. The fraction of sp³-hybridized carbons (Fsp3) is 0.500. The van der Waals surface area contributed by atoms with Gasteiger partial charge < -0.3 is 15.2 Å². The maximum absolute atomic E-state index is 10.6. The van der Waals surface area contributed by atoms with E-state index in [-0.39, 0.29) is 0 Å². The Bertz CT molecular complexity index is 292. The van der Waals surface area contributed by atoms with Crippen LogP contribution in [0.25, 0.3) is 0 Å². The third kappa shape index (κ3) is 1.70. The maximum Gasteiger partial charge on any atom is 0.333 e. The molecule has 1 atom stereocenters. The summed E-state index contributed by atoms with van der Waals surface area (Å²) in [5.74, 6) is -1.24. The van der Waals surface area contributed by atoms with Crippen molar-refractivity contribution in [3.8, 4) is 0 Å². The molecule has 0 aromatic carbocycles. The summed E-state index contributed by atoms with van der Waals surface area (Å²) in [6, 6.07) is 0. The number of hydrogen-bond donors (Lipinski definition) is 3. The molecule has 0 radical (unpaired) electrons. The number of aliphatic hydroxyl groups excluding tert-OH is 1. The molecule has 1 aromatic rings. The van der Waals surface area contributed by atoms with E-state index in [0.29, 0.717) is 5.69 Å². The summed E-state index contributed by atoms with van der Waals surface area (Å²) in [5.41, 5.74) is -0.259. The Hall–Kier alpha value is -1.36. The Morgan fingerprint density at radius 3 is 2.69 bits per heavy atom. The van der Waals surface area contributed by atoms with Gasteiger partial charge in [-0.15, -0.1) is 0 Å². The van der Waals surface area contributed by atoms with Crippen LogP contribution in [0.3, 0.4) is 0 Å². The highest BCUT2D eigenvalue weighted by atomic mass is 16.4. The molecule has 0 saturated heterocycles. The second-order valence-corrected chi connectivity index (χ2v) is 3.43. The normalized spacial score (nSPS) is 14.1. The van der Waals surface area contributed by atoms with Gasteiger partial charge >= 0.3 is 5.97 Å². The van der Waals surface area contributed by atoms with Gasteiger partial charge in [0.25, 0.3) is 0 Å². The van der Waals surface area contributed by atoms with Crippen molar-refractivity contribution in [1.29, 1.82) is 0 Å². The molecule has 5 nitrogen and oxygen atoms in total. The quantitative estimate of drug-likeness (QED) is 0.623. The lowest BCUT2D eigenvalue weighted by atomic mass is 9.83. The average molecular weight is 184 g/mol. The van der Waals surface area contributed by atoms with Gasteiger partial charge in [0.2, 0.25) is 0 Å². The Labute approximate surface area is 75.4 Å². The lowest BCUT2D eigenvalue weighted by Crippen LogP contribution is -2.40. The van der Waals surface area contributed by atoms with Crippen LogP contribution < -0.4 is 0 Å². The highest BCUT2D eigenvalue weighted by Gasteiger charge is 2.36. The van der Waals surface area contributed by atoms with Gasteiger partial charge in [-0.05, 0) is 0 Å². The summed E-state index contributed by atoms with van der Waals surface area (Å²) in [7, 11) is 0. The minimum absolute atomic E-state index is 0.599. The number of carboxylic acids is 1. The molecular weight excluding hydrogens is 172 g/mol. The SMILES string of the molecule is CC(C)(c1cnc[nH]1)C(O)C(=O)O. The van der Waals surface area contributed by atoms with Gasteiger partial charge in [0.1, 0.15) is 0 Å². The molecule has 0 aliphatic carbocycles. The topological polar surface area (TPSA) is 86.2 Å². The van der Waals surface area contributed by atoms with Crippen LogP contribution in [0.15, 0.2) is 12.5 Å². The van der Waals surface area contributed by atoms with Crippen LogP contribution in [0.4, 0.5) is 0 Å². The second kappa shape index (κ2) is 3.18. The molecule has 0 saturated carbocycles. The standard InChI is InChI=1S/C8H12N2O3/c1-8(2,6(11)7(12)13)5-3-9-4-10-5/h3-4,6,11H,1-2H3,(H,9,10)(H,12,13). The number of aliphatic hydroxyl groups is 1. The first-order valence-electron chi connectivity index (χ1n) is 3.86. The van der Waals surface area contributed by atoms with Crippen LogP contribution in [0.1, 0.15) is 19.5 Å². The zero-order valence-electron chi connectivity index (χ0n) is 7.48. The van der Waals surface area contributed by atoms with E-state index in [1.54, 1.807) is 13.8 Å². The molecule has 0 spiro atoms. The Morgan fingerprint density at radius 1 is 1.69 bits per heavy atom. The summed E-state index contributed by atoms with van der Waals surface area (Å²) in [6.45, 7) is 3.28. The molecule has 1 unspecified atom stereocenters. The predicted molar refractivity (Wildman–Crippen MR) is 45.3 cm³/mol. The smallest absolute Gasteiger partial charge is 0.333 e. The summed E-state index contributed by atoms with van der Waals surface area (Å²) < 4.78 is 0. The summed E-state index contributed by atoms with van der Waals surface area (Å²) >= 11 is 0. The number of nitrogens with one attached hydrogen (secondary N) is 1. The predicted octanol–water partition coefficient (Wildman–Crippen LogP) is 0.133. The van der Waals surface area contributed by atoms with Crippen molar-refractivity contribution >= 4 is 5.97 Å². The van der Waals surface area contributed by atoms with Gasteiger partial charge in [-0.3, -0.25) is 0 Å². The van der Waals surface area contributed by atoms with Crippen LogP contribution in [-0.2, 0) is 10.2 Å². The van der Waals surface area contributed by atoms with Crippen LogP contribution >= 0.6 is 0 Å². The van der Waals surface area contributed by atoms with E-state index in [1.807, 2.05) is 0 Å². The number of aliphatic carboxylic acids is 1.